The highest BCUT2D eigenvalue weighted by atomic mass is 127. The molecule has 0 radical (unpaired) electrons. The zero-order valence-electron chi connectivity index (χ0n) is 17.5. The van der Waals surface area contributed by atoms with E-state index >= 15 is 0 Å². The van der Waals surface area contributed by atoms with Crippen molar-refractivity contribution in [1.29, 1.82) is 0 Å². The van der Waals surface area contributed by atoms with Gasteiger partial charge in [0.1, 0.15) is 0 Å². The molecule has 1 heterocycles. The van der Waals surface area contributed by atoms with Crippen LogP contribution in [0.15, 0.2) is 11.1 Å². The van der Waals surface area contributed by atoms with Crippen LogP contribution < -0.4 is 10.6 Å². The van der Waals surface area contributed by atoms with Gasteiger partial charge in [-0.1, -0.05) is 12.8 Å². The van der Waals surface area contributed by atoms with Gasteiger partial charge in [-0.15, -0.1) is 24.0 Å². The molecule has 7 heteroatoms. The van der Waals surface area contributed by atoms with Crippen LogP contribution in [-0.4, -0.2) is 49.1 Å². The third-order valence-corrected chi connectivity index (χ3v) is 5.36. The third-order valence-electron chi connectivity index (χ3n) is 5.36. The number of hydrogen-bond acceptors (Lipinski definition) is 3. The minimum absolute atomic E-state index is 0. The Bertz CT molecular complexity index is 567. The number of ether oxygens (including phenoxy) is 1. The van der Waals surface area contributed by atoms with Crippen molar-refractivity contribution in [2.75, 3.05) is 33.4 Å². The first kappa shape index (κ1) is 24.2. The summed E-state index contributed by atoms with van der Waals surface area (Å²) in [5.74, 6) is 0.935. The summed E-state index contributed by atoms with van der Waals surface area (Å²) in [4.78, 5) is 4.90. The molecule has 0 amide bonds. The van der Waals surface area contributed by atoms with Gasteiger partial charge in [0.05, 0.1) is 5.69 Å². The van der Waals surface area contributed by atoms with Crippen LogP contribution in [0.5, 0.6) is 0 Å². The number of aliphatic imine (C=N–C) groups is 1. The number of methoxy groups -OCH3 is 1. The van der Waals surface area contributed by atoms with Crippen LogP contribution in [0.3, 0.4) is 0 Å². The minimum Gasteiger partial charge on any atom is -0.385 e. The summed E-state index contributed by atoms with van der Waals surface area (Å²) in [6, 6.07) is 2.13. The fourth-order valence-corrected chi connectivity index (χ4v) is 3.86. The van der Waals surface area contributed by atoms with Crippen LogP contribution in [0.4, 0.5) is 0 Å². The van der Waals surface area contributed by atoms with E-state index in [9.17, 15) is 0 Å². The second kappa shape index (κ2) is 12.6. The van der Waals surface area contributed by atoms with E-state index in [-0.39, 0.29) is 24.0 Å². The number of rotatable bonds is 10. The fraction of sp³-hybridized carbons (Fsp3) is 0.800. The van der Waals surface area contributed by atoms with Crippen LogP contribution in [0.2, 0.25) is 0 Å². The van der Waals surface area contributed by atoms with E-state index in [4.69, 9.17) is 9.73 Å². The Kier molecular flexibility index (Phi) is 11.3. The normalized spacial score (nSPS) is 16.2. The number of nitrogens with one attached hydrogen (secondary N) is 2. The number of hydrogen-bond donors (Lipinski definition) is 2. The second-order valence-corrected chi connectivity index (χ2v) is 7.58. The lowest BCUT2D eigenvalue weighted by atomic mass is 9.83. The molecule has 1 aliphatic rings. The van der Waals surface area contributed by atoms with Crippen molar-refractivity contribution in [3.05, 3.63) is 17.5 Å². The molecule has 0 unspecified atom stereocenters. The number of guanidine groups is 1. The minimum atomic E-state index is 0. The van der Waals surface area contributed by atoms with Gasteiger partial charge in [-0.25, -0.2) is 0 Å². The average molecular weight is 491 g/mol. The first-order valence-electron chi connectivity index (χ1n) is 10.1. The Morgan fingerprint density at radius 1 is 1.30 bits per heavy atom. The third kappa shape index (κ3) is 7.97. The van der Waals surface area contributed by atoms with E-state index in [2.05, 4.69) is 40.3 Å². The Morgan fingerprint density at radius 3 is 2.63 bits per heavy atom. The first-order chi connectivity index (χ1) is 12.6. The Morgan fingerprint density at radius 2 is 2.04 bits per heavy atom. The van der Waals surface area contributed by atoms with Crippen molar-refractivity contribution in [1.82, 2.24) is 20.4 Å². The standard InChI is InChI=1S/C20H37N5O.HI/c1-5-21-19(22-12-8-13-25-18(3)15-17(2)24-25)23-16-20(11-14-26-4)9-6-7-10-20;/h15H,5-14,16H2,1-4H3,(H2,21,22,23);1H. The molecule has 0 atom stereocenters. The Balaban J connectivity index is 0.00000364. The zero-order valence-corrected chi connectivity index (χ0v) is 19.8. The molecule has 0 aromatic carbocycles. The van der Waals surface area contributed by atoms with Crippen molar-refractivity contribution in [3.8, 4) is 0 Å². The maximum absolute atomic E-state index is 5.33. The maximum Gasteiger partial charge on any atom is 0.191 e. The summed E-state index contributed by atoms with van der Waals surface area (Å²) in [5.41, 5.74) is 2.65. The Labute approximate surface area is 181 Å². The summed E-state index contributed by atoms with van der Waals surface area (Å²) >= 11 is 0. The summed E-state index contributed by atoms with van der Waals surface area (Å²) in [5, 5.41) is 11.4. The van der Waals surface area contributed by atoms with Gasteiger partial charge in [-0.3, -0.25) is 9.67 Å². The maximum atomic E-state index is 5.33. The van der Waals surface area contributed by atoms with E-state index < -0.39 is 0 Å². The second-order valence-electron chi connectivity index (χ2n) is 7.58. The molecule has 2 rings (SSSR count). The molecule has 1 aromatic rings. The van der Waals surface area contributed by atoms with Crippen molar-refractivity contribution in [3.63, 3.8) is 0 Å². The van der Waals surface area contributed by atoms with Crippen molar-refractivity contribution >= 4 is 29.9 Å². The molecule has 1 saturated carbocycles. The predicted molar refractivity (Wildman–Crippen MR) is 123 cm³/mol. The van der Waals surface area contributed by atoms with Crippen LogP contribution in [0.1, 0.15) is 56.8 Å². The number of aryl methyl sites for hydroxylation is 3. The largest absolute Gasteiger partial charge is 0.385 e. The van der Waals surface area contributed by atoms with Gasteiger partial charge in [0.2, 0.25) is 0 Å². The number of aromatic nitrogens is 2. The van der Waals surface area contributed by atoms with Gasteiger partial charge in [-0.2, -0.15) is 5.10 Å². The lowest BCUT2D eigenvalue weighted by Crippen LogP contribution is -2.39. The summed E-state index contributed by atoms with van der Waals surface area (Å²) in [6.07, 6.45) is 7.34. The van der Waals surface area contributed by atoms with Crippen molar-refractivity contribution in [2.45, 2.75) is 65.8 Å². The summed E-state index contributed by atoms with van der Waals surface area (Å²) in [7, 11) is 1.79. The topological polar surface area (TPSA) is 63.5 Å². The molecule has 2 N–H and O–H groups in total. The molecule has 0 saturated heterocycles. The van der Waals surface area contributed by atoms with Crippen LogP contribution in [0, 0.1) is 19.3 Å². The van der Waals surface area contributed by atoms with Gasteiger partial charge < -0.3 is 15.4 Å². The quantitative estimate of drug-likeness (QED) is 0.227. The van der Waals surface area contributed by atoms with Gasteiger partial charge >= 0.3 is 0 Å². The van der Waals surface area contributed by atoms with E-state index in [0.717, 1.165) is 57.3 Å². The predicted octanol–water partition coefficient (Wildman–Crippen LogP) is 3.66. The molecule has 27 heavy (non-hydrogen) atoms. The molecule has 0 bridgehead atoms. The van der Waals surface area contributed by atoms with E-state index in [1.165, 1.54) is 31.4 Å². The molecule has 0 aliphatic heterocycles. The molecular formula is C20H38IN5O. The summed E-state index contributed by atoms with van der Waals surface area (Å²) in [6.45, 7) is 10.7. The fourth-order valence-electron chi connectivity index (χ4n) is 3.86. The highest BCUT2D eigenvalue weighted by molar-refractivity contribution is 14.0. The lowest BCUT2D eigenvalue weighted by molar-refractivity contribution is 0.141. The Hall–Kier alpha value is -0.830. The molecule has 1 aromatic heterocycles. The molecule has 1 fully saturated rings. The molecule has 0 spiro atoms. The van der Waals surface area contributed by atoms with E-state index in [0.29, 0.717) is 5.41 Å². The van der Waals surface area contributed by atoms with E-state index in [1.807, 2.05) is 6.92 Å². The van der Waals surface area contributed by atoms with Gasteiger partial charge in [0.25, 0.3) is 0 Å². The molecule has 6 nitrogen and oxygen atoms in total. The molecule has 156 valence electrons. The molecular weight excluding hydrogens is 453 g/mol. The van der Waals surface area contributed by atoms with Crippen LogP contribution >= 0.6 is 24.0 Å². The number of nitrogens with zero attached hydrogens (tertiary/aromatic N) is 3. The van der Waals surface area contributed by atoms with Gasteiger partial charge in [0.15, 0.2) is 5.96 Å². The van der Waals surface area contributed by atoms with Gasteiger partial charge in [0, 0.05) is 45.6 Å². The SMILES string of the molecule is CCNC(=NCC1(CCOC)CCCC1)NCCCn1nc(C)cc1C.I. The number of halogens is 1. The highest BCUT2D eigenvalue weighted by Crippen LogP contribution is 2.41. The van der Waals surface area contributed by atoms with Crippen LogP contribution in [-0.2, 0) is 11.3 Å². The molecule has 1 aliphatic carbocycles. The average Bonchev–Trinajstić information content (AvgIpc) is 3.21. The monoisotopic (exact) mass is 491 g/mol. The summed E-state index contributed by atoms with van der Waals surface area (Å²) < 4.78 is 7.41. The van der Waals surface area contributed by atoms with Crippen LogP contribution in [0.25, 0.3) is 0 Å². The lowest BCUT2D eigenvalue weighted by Gasteiger charge is -2.27. The van der Waals surface area contributed by atoms with Crippen molar-refractivity contribution < 1.29 is 4.74 Å². The highest BCUT2D eigenvalue weighted by Gasteiger charge is 2.33. The van der Waals surface area contributed by atoms with Crippen molar-refractivity contribution in [2.24, 2.45) is 10.4 Å². The van der Waals surface area contributed by atoms with Gasteiger partial charge in [-0.05, 0) is 57.9 Å². The zero-order chi connectivity index (χ0) is 18.8. The smallest absolute Gasteiger partial charge is 0.191 e. The first-order valence-corrected chi connectivity index (χ1v) is 10.1. The van der Waals surface area contributed by atoms with E-state index in [1.54, 1.807) is 7.11 Å².